The number of thiophene rings is 1. The number of anilines is 1. The van der Waals surface area contributed by atoms with Gasteiger partial charge in [0.1, 0.15) is 10.6 Å². The van der Waals surface area contributed by atoms with Crippen LogP contribution >= 0.6 is 11.3 Å². The zero-order valence-corrected chi connectivity index (χ0v) is 16.5. The van der Waals surface area contributed by atoms with Crippen molar-refractivity contribution < 1.29 is 4.39 Å². The molecule has 0 fully saturated rings. The fraction of sp³-hybridized carbons (Fsp3) is 0.429. The van der Waals surface area contributed by atoms with Crippen molar-refractivity contribution in [2.24, 2.45) is 0 Å². The first-order valence-corrected chi connectivity index (χ1v) is 10.4. The van der Waals surface area contributed by atoms with Crippen molar-refractivity contribution in [3.63, 3.8) is 0 Å². The maximum atomic E-state index is 13.2. The molecular weight excluding hydrogens is 361 g/mol. The summed E-state index contributed by atoms with van der Waals surface area (Å²) in [5, 5.41) is 4.16. The average molecular weight is 386 g/mol. The topological polar surface area (TPSA) is 46.9 Å². The highest BCUT2D eigenvalue weighted by molar-refractivity contribution is 7.18. The molecule has 1 aliphatic carbocycles. The number of aromatic nitrogens is 2. The molecule has 0 saturated carbocycles. The lowest BCUT2D eigenvalue weighted by Crippen LogP contribution is -2.27. The summed E-state index contributed by atoms with van der Waals surface area (Å²) in [6, 6.07) is 6.55. The molecule has 4 rings (SSSR count). The van der Waals surface area contributed by atoms with Crippen LogP contribution in [0.5, 0.6) is 0 Å². The van der Waals surface area contributed by atoms with E-state index in [1.54, 1.807) is 28.0 Å². The first-order chi connectivity index (χ1) is 13.0. The van der Waals surface area contributed by atoms with Crippen LogP contribution in [-0.4, -0.2) is 16.1 Å². The van der Waals surface area contributed by atoms with Gasteiger partial charge in [-0.15, -0.1) is 11.3 Å². The molecular formula is C21H24FN3OS. The third-order valence-electron chi connectivity index (χ3n) is 5.15. The molecule has 0 bridgehead atoms. The van der Waals surface area contributed by atoms with Crippen LogP contribution in [0.25, 0.3) is 10.2 Å². The van der Waals surface area contributed by atoms with Gasteiger partial charge in [-0.25, -0.2) is 9.37 Å². The van der Waals surface area contributed by atoms with E-state index in [-0.39, 0.29) is 17.4 Å². The molecule has 0 aliphatic heterocycles. The summed E-state index contributed by atoms with van der Waals surface area (Å²) in [4.78, 5) is 20.2. The van der Waals surface area contributed by atoms with Crippen molar-refractivity contribution in [2.75, 3.05) is 11.9 Å². The molecule has 1 aliphatic rings. The molecule has 0 amide bonds. The zero-order chi connectivity index (χ0) is 19.0. The van der Waals surface area contributed by atoms with Gasteiger partial charge in [0.15, 0.2) is 0 Å². The van der Waals surface area contributed by atoms with E-state index in [0.29, 0.717) is 12.5 Å². The lowest BCUT2D eigenvalue weighted by atomic mass is 9.97. The minimum absolute atomic E-state index is 0.0295. The van der Waals surface area contributed by atoms with Crippen LogP contribution in [0, 0.1) is 5.82 Å². The number of nitrogens with one attached hydrogen (secondary N) is 1. The van der Waals surface area contributed by atoms with Crippen molar-refractivity contribution in [3.8, 4) is 0 Å². The summed E-state index contributed by atoms with van der Waals surface area (Å²) < 4.78 is 14.8. The van der Waals surface area contributed by atoms with Crippen LogP contribution in [0.1, 0.15) is 48.7 Å². The van der Waals surface area contributed by atoms with Gasteiger partial charge in [-0.3, -0.25) is 9.36 Å². The van der Waals surface area contributed by atoms with Crippen LogP contribution in [0.15, 0.2) is 29.1 Å². The molecule has 2 aromatic heterocycles. The molecule has 142 valence electrons. The van der Waals surface area contributed by atoms with E-state index >= 15 is 0 Å². The van der Waals surface area contributed by atoms with Gasteiger partial charge in [-0.2, -0.15) is 0 Å². The maximum Gasteiger partial charge on any atom is 0.264 e. The van der Waals surface area contributed by atoms with E-state index in [2.05, 4.69) is 5.32 Å². The number of hydrogen-bond donors (Lipinski definition) is 1. The second-order valence-electron chi connectivity index (χ2n) is 7.40. The molecule has 4 nitrogen and oxygen atoms in total. The molecule has 3 aromatic rings. The van der Waals surface area contributed by atoms with Crippen molar-refractivity contribution in [1.82, 2.24) is 9.55 Å². The van der Waals surface area contributed by atoms with Gasteiger partial charge >= 0.3 is 0 Å². The van der Waals surface area contributed by atoms with Gasteiger partial charge < -0.3 is 5.32 Å². The van der Waals surface area contributed by atoms with Crippen molar-refractivity contribution in [2.45, 2.75) is 52.0 Å². The lowest BCUT2D eigenvalue weighted by molar-refractivity contribution is 0.579. The monoisotopic (exact) mass is 385 g/mol. The summed E-state index contributed by atoms with van der Waals surface area (Å²) in [6.07, 6.45) is 5.14. The average Bonchev–Trinajstić information content (AvgIpc) is 3.01. The second kappa shape index (κ2) is 7.43. The van der Waals surface area contributed by atoms with Crippen LogP contribution in [0.2, 0.25) is 0 Å². The van der Waals surface area contributed by atoms with Crippen LogP contribution < -0.4 is 10.9 Å². The Balaban J connectivity index is 1.66. The zero-order valence-electron chi connectivity index (χ0n) is 15.7. The van der Waals surface area contributed by atoms with Gasteiger partial charge in [0.2, 0.25) is 5.95 Å². The molecule has 0 radical (unpaired) electrons. The largest absolute Gasteiger partial charge is 0.355 e. The molecule has 0 atom stereocenters. The summed E-state index contributed by atoms with van der Waals surface area (Å²) in [6.45, 7) is 4.67. The molecule has 27 heavy (non-hydrogen) atoms. The van der Waals surface area contributed by atoms with E-state index in [1.807, 2.05) is 13.8 Å². The van der Waals surface area contributed by atoms with Gasteiger partial charge in [-0.1, -0.05) is 12.1 Å². The van der Waals surface area contributed by atoms with E-state index in [1.165, 1.54) is 29.0 Å². The van der Waals surface area contributed by atoms with Crippen molar-refractivity contribution >= 4 is 27.5 Å². The Hall–Kier alpha value is -2.21. The van der Waals surface area contributed by atoms with Gasteiger partial charge in [0.25, 0.3) is 5.56 Å². The number of benzene rings is 1. The summed E-state index contributed by atoms with van der Waals surface area (Å²) >= 11 is 1.67. The van der Waals surface area contributed by atoms with Crippen LogP contribution in [0.3, 0.4) is 0 Å². The Kier molecular flexibility index (Phi) is 5.00. The second-order valence-corrected chi connectivity index (χ2v) is 8.48. The SMILES string of the molecule is CC(C)n1c(NCCc2ccc(F)cc2)nc2sc3c(c2c1=O)CCCC3. The number of aryl methyl sites for hydroxylation is 2. The Morgan fingerprint density at radius 2 is 1.96 bits per heavy atom. The first kappa shape index (κ1) is 18.2. The minimum Gasteiger partial charge on any atom is -0.355 e. The highest BCUT2D eigenvalue weighted by atomic mass is 32.1. The summed E-state index contributed by atoms with van der Waals surface area (Å²) in [7, 11) is 0. The van der Waals surface area contributed by atoms with E-state index in [0.717, 1.165) is 41.5 Å². The fourth-order valence-corrected chi connectivity index (χ4v) is 5.04. The highest BCUT2D eigenvalue weighted by Crippen LogP contribution is 2.34. The fourth-order valence-electron chi connectivity index (χ4n) is 3.79. The molecule has 6 heteroatoms. The third-order valence-corrected chi connectivity index (χ3v) is 6.33. The smallest absolute Gasteiger partial charge is 0.264 e. The van der Waals surface area contributed by atoms with E-state index in [4.69, 9.17) is 4.98 Å². The van der Waals surface area contributed by atoms with Gasteiger partial charge in [0.05, 0.1) is 5.39 Å². The van der Waals surface area contributed by atoms with Crippen molar-refractivity contribution in [3.05, 3.63) is 56.4 Å². The molecule has 0 saturated heterocycles. The predicted octanol–water partition coefficient (Wildman–Crippen LogP) is 4.71. The van der Waals surface area contributed by atoms with E-state index < -0.39 is 0 Å². The number of fused-ring (bicyclic) bond motifs is 3. The maximum absolute atomic E-state index is 13.2. The lowest BCUT2D eigenvalue weighted by Gasteiger charge is -2.17. The molecule has 0 spiro atoms. The first-order valence-electron chi connectivity index (χ1n) is 9.59. The molecule has 2 heterocycles. The van der Waals surface area contributed by atoms with Crippen molar-refractivity contribution in [1.29, 1.82) is 0 Å². The standard InChI is InChI=1S/C21H24FN3OS/c1-13(2)25-20(26)18-16-5-3-4-6-17(16)27-19(18)24-21(25)23-12-11-14-7-9-15(22)10-8-14/h7-10,13H,3-6,11-12H2,1-2H3,(H,23,24). The Bertz CT molecular complexity index is 1020. The summed E-state index contributed by atoms with van der Waals surface area (Å²) in [5.74, 6) is 0.400. The van der Waals surface area contributed by atoms with Gasteiger partial charge in [-0.05, 0) is 69.2 Å². The van der Waals surface area contributed by atoms with Crippen LogP contribution in [0.4, 0.5) is 10.3 Å². The Morgan fingerprint density at radius 1 is 1.22 bits per heavy atom. The molecule has 1 N–H and O–H groups in total. The molecule has 1 aromatic carbocycles. The quantitative estimate of drug-likeness (QED) is 0.692. The number of rotatable bonds is 5. The summed E-state index contributed by atoms with van der Waals surface area (Å²) in [5.41, 5.74) is 2.35. The minimum atomic E-state index is -0.228. The highest BCUT2D eigenvalue weighted by Gasteiger charge is 2.22. The Morgan fingerprint density at radius 3 is 2.70 bits per heavy atom. The molecule has 0 unspecified atom stereocenters. The third kappa shape index (κ3) is 3.50. The van der Waals surface area contributed by atoms with E-state index in [9.17, 15) is 9.18 Å². The van der Waals surface area contributed by atoms with Crippen LogP contribution in [-0.2, 0) is 19.3 Å². The number of nitrogens with zero attached hydrogens (tertiary/aromatic N) is 2. The Labute approximate surface area is 162 Å². The number of hydrogen-bond acceptors (Lipinski definition) is 4. The predicted molar refractivity (Wildman–Crippen MR) is 110 cm³/mol. The normalized spacial score (nSPS) is 13.9. The van der Waals surface area contributed by atoms with Gasteiger partial charge in [0, 0.05) is 17.5 Å². The number of halogens is 1.